The number of hydrogen-bond donors (Lipinski definition) is 2. The molecule has 1 aliphatic carbocycles. The van der Waals surface area contributed by atoms with E-state index >= 15 is 0 Å². The van der Waals surface area contributed by atoms with Crippen molar-refractivity contribution in [2.75, 3.05) is 0 Å². The molecule has 2 heterocycles. The van der Waals surface area contributed by atoms with Gasteiger partial charge in [0.05, 0.1) is 23.4 Å². The van der Waals surface area contributed by atoms with Gasteiger partial charge in [-0.05, 0) is 48.4 Å². The normalized spacial score (nSPS) is 20.2. The van der Waals surface area contributed by atoms with E-state index in [2.05, 4.69) is 35.3 Å². The van der Waals surface area contributed by atoms with Crippen LogP contribution in [0.15, 0.2) is 42.6 Å². The van der Waals surface area contributed by atoms with E-state index in [1.807, 2.05) is 36.5 Å². The van der Waals surface area contributed by atoms with Crippen LogP contribution in [0.5, 0.6) is 0 Å². The van der Waals surface area contributed by atoms with E-state index in [4.69, 9.17) is 0 Å². The summed E-state index contributed by atoms with van der Waals surface area (Å²) in [6, 6.07) is 11.7. The van der Waals surface area contributed by atoms with Crippen molar-refractivity contribution >= 4 is 16.8 Å². The Morgan fingerprint density at radius 3 is 2.68 bits per heavy atom. The van der Waals surface area contributed by atoms with Gasteiger partial charge in [0.1, 0.15) is 5.69 Å². The summed E-state index contributed by atoms with van der Waals surface area (Å²) in [5.74, 6) is 0.302. The molecule has 1 aliphatic rings. The first-order valence-electron chi connectivity index (χ1n) is 9.80. The highest BCUT2D eigenvalue weighted by atomic mass is 16.3. The number of hydrogen-bond acceptors (Lipinski definition) is 4. The molecule has 2 N–H and O–H groups in total. The molecule has 0 bridgehead atoms. The fourth-order valence-corrected chi connectivity index (χ4v) is 3.83. The highest BCUT2D eigenvalue weighted by Gasteiger charge is 2.36. The molecule has 1 aromatic carbocycles. The molecule has 0 aliphatic heterocycles. The molecule has 0 radical (unpaired) electrons. The second-order valence-electron chi connectivity index (χ2n) is 8.03. The van der Waals surface area contributed by atoms with E-state index in [0.29, 0.717) is 18.5 Å². The van der Waals surface area contributed by atoms with Crippen LogP contribution in [-0.4, -0.2) is 31.9 Å². The standard InChI is InChI=1S/C22H26N4O2/c1-13(2)19-11-20(26(3)25-19)22(28)24-21(15-9-17(27)10-15)16-8-14-6-4-5-7-18(14)23-12-16/h4-8,11-13,15,17,21,27H,9-10H2,1-3H3,(H,24,28)/t15?,17?,21-/m0/s1. The second kappa shape index (κ2) is 7.36. The summed E-state index contributed by atoms with van der Waals surface area (Å²) in [5, 5.41) is 18.5. The van der Waals surface area contributed by atoms with Crippen LogP contribution in [0.2, 0.25) is 0 Å². The predicted octanol–water partition coefficient (Wildman–Crippen LogP) is 3.33. The smallest absolute Gasteiger partial charge is 0.270 e. The van der Waals surface area contributed by atoms with Crippen molar-refractivity contribution in [3.63, 3.8) is 0 Å². The number of benzene rings is 1. The van der Waals surface area contributed by atoms with Crippen molar-refractivity contribution < 1.29 is 9.90 Å². The molecule has 0 spiro atoms. The Balaban J connectivity index is 1.63. The quantitative estimate of drug-likeness (QED) is 0.714. The molecule has 146 valence electrons. The Bertz CT molecular complexity index is 1000. The first kappa shape index (κ1) is 18.6. The van der Waals surface area contributed by atoms with Crippen LogP contribution in [0.3, 0.4) is 0 Å². The topological polar surface area (TPSA) is 80.0 Å². The number of nitrogens with zero attached hydrogens (tertiary/aromatic N) is 3. The van der Waals surface area contributed by atoms with Gasteiger partial charge in [-0.1, -0.05) is 32.0 Å². The van der Waals surface area contributed by atoms with E-state index in [-0.39, 0.29) is 29.9 Å². The number of carbonyl (C=O) groups excluding carboxylic acids is 1. The third-order valence-corrected chi connectivity index (χ3v) is 5.60. The first-order valence-corrected chi connectivity index (χ1v) is 9.80. The summed E-state index contributed by atoms with van der Waals surface area (Å²) < 4.78 is 1.63. The molecule has 1 saturated carbocycles. The third-order valence-electron chi connectivity index (χ3n) is 5.60. The van der Waals surface area contributed by atoms with E-state index in [1.165, 1.54) is 0 Å². The van der Waals surface area contributed by atoms with Gasteiger partial charge < -0.3 is 10.4 Å². The summed E-state index contributed by atoms with van der Waals surface area (Å²) in [7, 11) is 1.79. The number of para-hydroxylation sites is 1. The van der Waals surface area contributed by atoms with Crippen LogP contribution < -0.4 is 5.32 Å². The predicted molar refractivity (Wildman–Crippen MR) is 108 cm³/mol. The summed E-state index contributed by atoms with van der Waals surface area (Å²) >= 11 is 0. The van der Waals surface area contributed by atoms with Crippen LogP contribution in [0.4, 0.5) is 0 Å². The number of aliphatic hydroxyl groups is 1. The second-order valence-corrected chi connectivity index (χ2v) is 8.03. The van der Waals surface area contributed by atoms with Crippen LogP contribution in [0.1, 0.15) is 60.4 Å². The average molecular weight is 378 g/mol. The largest absolute Gasteiger partial charge is 0.393 e. The minimum Gasteiger partial charge on any atom is -0.393 e. The lowest BCUT2D eigenvalue weighted by Gasteiger charge is -2.38. The van der Waals surface area contributed by atoms with Gasteiger partial charge in [-0.2, -0.15) is 5.10 Å². The highest BCUT2D eigenvalue weighted by molar-refractivity contribution is 5.93. The van der Waals surface area contributed by atoms with Crippen molar-refractivity contribution in [1.82, 2.24) is 20.1 Å². The van der Waals surface area contributed by atoms with Crippen molar-refractivity contribution in [2.45, 2.75) is 44.8 Å². The molecule has 0 unspecified atom stereocenters. The molecular weight excluding hydrogens is 352 g/mol. The number of carbonyl (C=O) groups is 1. The average Bonchev–Trinajstić information content (AvgIpc) is 3.05. The molecule has 1 amide bonds. The lowest BCUT2D eigenvalue weighted by atomic mass is 9.75. The Labute approximate surface area is 164 Å². The summed E-state index contributed by atoms with van der Waals surface area (Å²) in [6.45, 7) is 4.12. The summed E-state index contributed by atoms with van der Waals surface area (Å²) in [4.78, 5) is 17.6. The molecule has 0 saturated heterocycles. The number of pyridine rings is 1. The number of amides is 1. The molecule has 2 aromatic heterocycles. The number of fused-ring (bicyclic) bond motifs is 1. The molecule has 1 atom stereocenters. The van der Waals surface area contributed by atoms with E-state index in [0.717, 1.165) is 22.2 Å². The number of aliphatic hydroxyl groups excluding tert-OH is 1. The van der Waals surface area contributed by atoms with Gasteiger partial charge in [-0.25, -0.2) is 0 Å². The minimum absolute atomic E-state index is 0.151. The zero-order chi connectivity index (χ0) is 19.8. The van der Waals surface area contributed by atoms with E-state index in [1.54, 1.807) is 11.7 Å². The van der Waals surface area contributed by atoms with Gasteiger partial charge in [0.2, 0.25) is 0 Å². The van der Waals surface area contributed by atoms with Crippen LogP contribution in [0.25, 0.3) is 10.9 Å². The molecule has 1 fully saturated rings. The van der Waals surface area contributed by atoms with Gasteiger partial charge in [0, 0.05) is 18.6 Å². The number of aromatic nitrogens is 3. The molecule has 3 aromatic rings. The first-order chi connectivity index (χ1) is 13.4. The SMILES string of the molecule is CC(C)c1cc(C(=O)N[C@H](c2cnc3ccccc3c2)C2CC(O)C2)n(C)n1. The fourth-order valence-electron chi connectivity index (χ4n) is 3.83. The van der Waals surface area contributed by atoms with Crippen LogP contribution in [0, 0.1) is 5.92 Å². The van der Waals surface area contributed by atoms with Crippen LogP contribution in [-0.2, 0) is 7.05 Å². The van der Waals surface area contributed by atoms with Crippen LogP contribution >= 0.6 is 0 Å². The number of rotatable bonds is 5. The van der Waals surface area contributed by atoms with Gasteiger partial charge >= 0.3 is 0 Å². The van der Waals surface area contributed by atoms with E-state index in [9.17, 15) is 9.90 Å². The zero-order valence-corrected chi connectivity index (χ0v) is 16.5. The lowest BCUT2D eigenvalue weighted by molar-refractivity contribution is 0.0234. The van der Waals surface area contributed by atoms with E-state index < -0.39 is 0 Å². The number of aryl methyl sites for hydroxylation is 1. The lowest BCUT2D eigenvalue weighted by Crippen LogP contribution is -2.41. The Morgan fingerprint density at radius 2 is 2.00 bits per heavy atom. The molecule has 6 heteroatoms. The van der Waals surface area contributed by atoms with Gasteiger partial charge in [0.15, 0.2) is 0 Å². The molecular formula is C22H26N4O2. The molecule has 28 heavy (non-hydrogen) atoms. The maximum absolute atomic E-state index is 13.0. The zero-order valence-electron chi connectivity index (χ0n) is 16.5. The van der Waals surface area contributed by atoms with Crippen molar-refractivity contribution in [1.29, 1.82) is 0 Å². The van der Waals surface area contributed by atoms with Gasteiger partial charge in [0.25, 0.3) is 5.91 Å². The van der Waals surface area contributed by atoms with Gasteiger partial charge in [-0.15, -0.1) is 0 Å². The molecule has 4 rings (SSSR count). The summed E-state index contributed by atoms with van der Waals surface area (Å²) in [5.41, 5.74) is 3.34. The van der Waals surface area contributed by atoms with Gasteiger partial charge in [-0.3, -0.25) is 14.5 Å². The minimum atomic E-state index is -0.290. The third kappa shape index (κ3) is 3.52. The maximum Gasteiger partial charge on any atom is 0.270 e. The fraction of sp³-hybridized carbons (Fsp3) is 0.409. The molecule has 6 nitrogen and oxygen atoms in total. The Hall–Kier alpha value is -2.73. The summed E-state index contributed by atoms with van der Waals surface area (Å²) in [6.07, 6.45) is 2.91. The highest BCUT2D eigenvalue weighted by Crippen LogP contribution is 2.38. The maximum atomic E-state index is 13.0. The Morgan fingerprint density at radius 1 is 1.25 bits per heavy atom. The Kier molecular flexibility index (Phi) is 4.89. The van der Waals surface area contributed by atoms with Crippen molar-refractivity contribution in [2.24, 2.45) is 13.0 Å². The monoisotopic (exact) mass is 378 g/mol. The van der Waals surface area contributed by atoms with Crippen molar-refractivity contribution in [3.8, 4) is 0 Å². The van der Waals surface area contributed by atoms with Crippen molar-refractivity contribution in [3.05, 3.63) is 59.5 Å². The number of nitrogens with one attached hydrogen (secondary N) is 1.